The van der Waals surface area contributed by atoms with Gasteiger partial charge in [-0.25, -0.2) is 0 Å². The number of hydrogen-bond acceptors (Lipinski definition) is 6. The number of fused-ring (bicyclic) bond motifs is 4. The number of nitrogens with zero attached hydrogens (tertiary/aromatic N) is 7. The normalized spacial score (nSPS) is 30.2. The van der Waals surface area contributed by atoms with Crippen molar-refractivity contribution in [3.63, 3.8) is 0 Å². The number of likely N-dealkylation sites (tertiary alicyclic amines) is 1. The van der Waals surface area contributed by atoms with Crippen LogP contribution in [0.25, 0.3) is 5.82 Å². The van der Waals surface area contributed by atoms with E-state index in [1.165, 1.54) is 49.5 Å². The number of aromatic nitrogens is 6. The highest BCUT2D eigenvalue weighted by molar-refractivity contribution is 5.92. The first kappa shape index (κ1) is 17.8. The maximum Gasteiger partial charge on any atom is 0.271 e. The van der Waals surface area contributed by atoms with Crippen LogP contribution in [0.15, 0.2) is 12.4 Å². The van der Waals surface area contributed by atoms with Gasteiger partial charge in [0.25, 0.3) is 5.91 Å². The topological polar surface area (TPSA) is 95.8 Å². The summed E-state index contributed by atoms with van der Waals surface area (Å²) in [5, 5.41) is 18.1. The van der Waals surface area contributed by atoms with Gasteiger partial charge < -0.3 is 4.90 Å². The molecule has 0 spiro atoms. The number of amides is 1. The van der Waals surface area contributed by atoms with Crippen molar-refractivity contribution in [1.82, 2.24) is 40.2 Å². The van der Waals surface area contributed by atoms with Gasteiger partial charge in [0.2, 0.25) is 0 Å². The van der Waals surface area contributed by atoms with Crippen molar-refractivity contribution in [2.75, 3.05) is 19.6 Å². The van der Waals surface area contributed by atoms with Crippen molar-refractivity contribution in [3.05, 3.63) is 18.1 Å². The minimum atomic E-state index is 0.0379. The molecule has 3 saturated heterocycles. The summed E-state index contributed by atoms with van der Waals surface area (Å²) >= 11 is 0. The smallest absolute Gasteiger partial charge is 0.271 e. The zero-order chi connectivity index (χ0) is 19.1. The lowest BCUT2D eigenvalue weighted by atomic mass is 9.74. The van der Waals surface area contributed by atoms with Crippen LogP contribution < -0.4 is 0 Å². The third kappa shape index (κ3) is 3.11. The zero-order valence-corrected chi connectivity index (χ0v) is 16.4. The molecule has 3 aliphatic rings. The van der Waals surface area contributed by atoms with Crippen LogP contribution >= 0.6 is 0 Å². The summed E-state index contributed by atoms with van der Waals surface area (Å²) in [6.45, 7) is 5.14. The van der Waals surface area contributed by atoms with Gasteiger partial charge in [0, 0.05) is 37.8 Å². The molecule has 0 unspecified atom stereocenters. The van der Waals surface area contributed by atoms with Crippen molar-refractivity contribution in [3.8, 4) is 5.82 Å². The fraction of sp³-hybridized carbons (Fsp3) is 0.737. The van der Waals surface area contributed by atoms with E-state index in [0.717, 1.165) is 25.7 Å². The molecular weight excluding hydrogens is 356 g/mol. The minimum absolute atomic E-state index is 0.0379. The summed E-state index contributed by atoms with van der Waals surface area (Å²) in [7, 11) is 0. The van der Waals surface area contributed by atoms with Crippen molar-refractivity contribution in [2.24, 2.45) is 11.8 Å². The SMILES string of the molecule is CCC[C@H]1CCC[C@H]2[C@@H]3C[C@@H](CN(C(=O)c4cc(-n5cnnn5)n[nH]4)C3)CN12. The van der Waals surface area contributed by atoms with Crippen molar-refractivity contribution < 1.29 is 4.79 Å². The van der Waals surface area contributed by atoms with Gasteiger partial charge in [-0.3, -0.25) is 14.8 Å². The second kappa shape index (κ2) is 7.27. The van der Waals surface area contributed by atoms with Crippen LogP contribution in [-0.4, -0.2) is 77.8 Å². The number of tetrazole rings is 1. The molecule has 3 fully saturated rings. The number of H-pyrrole nitrogens is 1. The Bertz CT molecular complexity index is 816. The zero-order valence-electron chi connectivity index (χ0n) is 16.4. The highest BCUT2D eigenvalue weighted by atomic mass is 16.2. The first-order valence-corrected chi connectivity index (χ1v) is 10.6. The molecule has 2 aromatic heterocycles. The number of carbonyl (C=O) groups excluding carboxylic acids is 1. The lowest BCUT2D eigenvalue weighted by Crippen LogP contribution is -2.62. The van der Waals surface area contributed by atoms with Gasteiger partial charge in [0.15, 0.2) is 5.82 Å². The van der Waals surface area contributed by atoms with E-state index in [1.54, 1.807) is 6.07 Å². The summed E-state index contributed by atoms with van der Waals surface area (Å²) in [6, 6.07) is 3.13. The number of carbonyl (C=O) groups is 1. The Morgan fingerprint density at radius 1 is 1.29 bits per heavy atom. The fourth-order valence-corrected chi connectivity index (χ4v) is 5.70. The molecule has 9 nitrogen and oxygen atoms in total. The Kier molecular flexibility index (Phi) is 4.62. The predicted molar refractivity (Wildman–Crippen MR) is 102 cm³/mol. The highest BCUT2D eigenvalue weighted by Gasteiger charge is 2.45. The minimum Gasteiger partial charge on any atom is -0.337 e. The Morgan fingerprint density at radius 3 is 3.04 bits per heavy atom. The predicted octanol–water partition coefficient (Wildman–Crippen LogP) is 1.50. The fourth-order valence-electron chi connectivity index (χ4n) is 5.70. The maximum absolute atomic E-state index is 13.1. The molecule has 4 atom stereocenters. The Labute approximate surface area is 164 Å². The molecule has 0 aliphatic carbocycles. The molecule has 0 radical (unpaired) electrons. The molecule has 9 heteroatoms. The Balaban J connectivity index is 1.31. The van der Waals surface area contributed by atoms with E-state index in [2.05, 4.69) is 37.5 Å². The lowest BCUT2D eigenvalue weighted by molar-refractivity contribution is -0.0519. The molecule has 1 N–H and O–H groups in total. The van der Waals surface area contributed by atoms with Gasteiger partial charge in [-0.2, -0.15) is 9.78 Å². The van der Waals surface area contributed by atoms with E-state index >= 15 is 0 Å². The second-order valence-corrected chi connectivity index (χ2v) is 8.60. The molecule has 2 aromatic rings. The molecule has 3 aliphatic heterocycles. The summed E-state index contributed by atoms with van der Waals surface area (Å²) < 4.78 is 1.45. The lowest BCUT2D eigenvalue weighted by Gasteiger charge is -2.55. The summed E-state index contributed by atoms with van der Waals surface area (Å²) in [5.41, 5.74) is 0.509. The van der Waals surface area contributed by atoms with Crippen LogP contribution in [0.4, 0.5) is 0 Å². The van der Waals surface area contributed by atoms with Gasteiger partial charge in [-0.15, -0.1) is 5.10 Å². The summed E-state index contributed by atoms with van der Waals surface area (Å²) in [6.07, 6.45) is 9.27. The van der Waals surface area contributed by atoms with Gasteiger partial charge in [0.1, 0.15) is 12.0 Å². The largest absolute Gasteiger partial charge is 0.337 e. The van der Waals surface area contributed by atoms with Crippen LogP contribution in [-0.2, 0) is 0 Å². The highest BCUT2D eigenvalue weighted by Crippen LogP contribution is 2.40. The van der Waals surface area contributed by atoms with E-state index in [0.29, 0.717) is 29.4 Å². The molecule has 150 valence electrons. The third-order valence-corrected chi connectivity index (χ3v) is 6.80. The van der Waals surface area contributed by atoms with Gasteiger partial charge in [-0.05, 0) is 47.9 Å². The van der Waals surface area contributed by atoms with Crippen molar-refractivity contribution in [2.45, 2.75) is 57.5 Å². The summed E-state index contributed by atoms with van der Waals surface area (Å²) in [4.78, 5) is 18.0. The molecule has 0 saturated carbocycles. The van der Waals surface area contributed by atoms with Gasteiger partial charge in [-0.1, -0.05) is 19.8 Å². The van der Waals surface area contributed by atoms with Gasteiger partial charge in [0.05, 0.1) is 0 Å². The number of rotatable bonds is 4. The third-order valence-electron chi connectivity index (χ3n) is 6.80. The summed E-state index contributed by atoms with van der Waals surface area (Å²) in [5.74, 6) is 1.75. The van der Waals surface area contributed by atoms with Crippen molar-refractivity contribution in [1.29, 1.82) is 0 Å². The average Bonchev–Trinajstić information content (AvgIpc) is 3.40. The van der Waals surface area contributed by atoms with Crippen LogP contribution in [0.2, 0.25) is 0 Å². The van der Waals surface area contributed by atoms with E-state index in [1.807, 2.05) is 4.90 Å². The van der Waals surface area contributed by atoms with E-state index in [4.69, 9.17) is 0 Å². The van der Waals surface area contributed by atoms with Crippen LogP contribution in [0, 0.1) is 11.8 Å². The van der Waals surface area contributed by atoms with Crippen LogP contribution in [0.3, 0.4) is 0 Å². The second-order valence-electron chi connectivity index (χ2n) is 8.60. The molecule has 5 heterocycles. The average molecular weight is 384 g/mol. The number of aromatic amines is 1. The van der Waals surface area contributed by atoms with Crippen LogP contribution in [0.1, 0.15) is 55.9 Å². The van der Waals surface area contributed by atoms with E-state index in [-0.39, 0.29) is 5.91 Å². The van der Waals surface area contributed by atoms with E-state index in [9.17, 15) is 4.79 Å². The molecule has 0 aromatic carbocycles. The maximum atomic E-state index is 13.1. The first-order valence-electron chi connectivity index (χ1n) is 10.6. The Morgan fingerprint density at radius 2 is 2.21 bits per heavy atom. The molecule has 1 amide bonds. The standard InChI is InChI=1S/C19H28N8O/c1-2-4-15-5-3-6-17-14-7-13(10-26(15)17)9-25(11-14)19(28)16-8-18(22-21-16)27-12-20-23-24-27/h8,12-15,17H,2-7,9-11H2,1H3,(H,21,22)/t13-,14+,15-,17-/m0/s1. The molecule has 2 bridgehead atoms. The molecule has 5 rings (SSSR count). The first-order chi connectivity index (χ1) is 13.7. The monoisotopic (exact) mass is 384 g/mol. The molecule has 28 heavy (non-hydrogen) atoms. The van der Waals surface area contributed by atoms with E-state index < -0.39 is 0 Å². The Hall–Kier alpha value is -2.29. The quantitative estimate of drug-likeness (QED) is 0.858. The number of piperidine rings is 3. The van der Waals surface area contributed by atoms with Gasteiger partial charge >= 0.3 is 0 Å². The number of nitrogens with one attached hydrogen (secondary N) is 1. The van der Waals surface area contributed by atoms with Crippen molar-refractivity contribution >= 4 is 5.91 Å². The number of hydrogen-bond donors (Lipinski definition) is 1. The van der Waals surface area contributed by atoms with Crippen LogP contribution in [0.5, 0.6) is 0 Å². The molecular formula is C19H28N8O.